The Labute approximate surface area is 126 Å². The Bertz CT molecular complexity index is 877. The lowest BCUT2D eigenvalue weighted by atomic mass is 10.0. The fourth-order valence-electron chi connectivity index (χ4n) is 2.90. The predicted molar refractivity (Wildman–Crippen MR) is 81.9 cm³/mol. The van der Waals surface area contributed by atoms with Gasteiger partial charge in [-0.25, -0.2) is 14.2 Å². The first kappa shape index (κ1) is 13.0. The topological polar surface area (TPSA) is 68.3 Å². The van der Waals surface area contributed by atoms with Gasteiger partial charge >= 0.3 is 0 Å². The minimum absolute atomic E-state index is 0.0485. The molecule has 22 heavy (non-hydrogen) atoms. The van der Waals surface area contributed by atoms with Gasteiger partial charge < -0.3 is 4.90 Å². The van der Waals surface area contributed by atoms with Gasteiger partial charge in [0.2, 0.25) is 0 Å². The van der Waals surface area contributed by atoms with Crippen LogP contribution >= 0.6 is 0 Å². The van der Waals surface area contributed by atoms with Crippen molar-refractivity contribution in [3.8, 4) is 0 Å². The molecule has 0 bridgehead atoms. The second kappa shape index (κ2) is 4.94. The van der Waals surface area contributed by atoms with E-state index < -0.39 is 0 Å². The molecule has 7 heteroatoms. The number of nitrogens with zero attached hydrogens (tertiary/aromatic N) is 6. The monoisotopic (exact) mass is 296 g/mol. The highest BCUT2D eigenvalue weighted by molar-refractivity contribution is 5.69. The summed E-state index contributed by atoms with van der Waals surface area (Å²) >= 11 is 0. The van der Waals surface area contributed by atoms with Crippen LogP contribution in [0.4, 0.5) is 5.82 Å². The highest BCUT2D eigenvalue weighted by Gasteiger charge is 2.30. The van der Waals surface area contributed by atoms with Gasteiger partial charge in [-0.1, -0.05) is 0 Å². The van der Waals surface area contributed by atoms with E-state index in [-0.39, 0.29) is 5.56 Å². The van der Waals surface area contributed by atoms with Gasteiger partial charge in [-0.2, -0.15) is 10.2 Å². The number of hydrogen-bond acceptors (Lipinski definition) is 5. The second-order valence-electron chi connectivity index (χ2n) is 5.68. The van der Waals surface area contributed by atoms with Crippen LogP contribution < -0.4 is 10.5 Å². The number of anilines is 1. The molecule has 4 heterocycles. The van der Waals surface area contributed by atoms with E-state index in [0.717, 1.165) is 30.1 Å². The van der Waals surface area contributed by atoms with Crippen molar-refractivity contribution in [3.63, 3.8) is 0 Å². The number of hydrogen-bond donors (Lipinski definition) is 0. The molecule has 0 N–H and O–H groups in total. The molecular weight excluding hydrogens is 280 g/mol. The maximum absolute atomic E-state index is 11.7. The van der Waals surface area contributed by atoms with Crippen LogP contribution in [0.1, 0.15) is 5.69 Å². The van der Waals surface area contributed by atoms with E-state index in [9.17, 15) is 4.79 Å². The molecule has 0 spiro atoms. The lowest BCUT2D eigenvalue weighted by Gasteiger charge is -2.40. The van der Waals surface area contributed by atoms with Gasteiger partial charge in [0.25, 0.3) is 5.56 Å². The van der Waals surface area contributed by atoms with Gasteiger partial charge in [-0.3, -0.25) is 4.79 Å². The summed E-state index contributed by atoms with van der Waals surface area (Å²) in [7, 11) is 0. The molecule has 0 aliphatic carbocycles. The van der Waals surface area contributed by atoms with Crippen molar-refractivity contribution in [2.75, 3.05) is 18.0 Å². The molecule has 0 unspecified atom stereocenters. The predicted octanol–water partition coefficient (Wildman–Crippen LogP) is 0.731. The molecule has 1 fully saturated rings. The Morgan fingerprint density at radius 2 is 2.18 bits per heavy atom. The van der Waals surface area contributed by atoms with Crippen molar-refractivity contribution in [2.24, 2.45) is 5.92 Å². The van der Waals surface area contributed by atoms with E-state index in [1.807, 2.05) is 23.7 Å². The van der Waals surface area contributed by atoms with E-state index in [1.165, 1.54) is 4.68 Å². The van der Waals surface area contributed by atoms with Crippen molar-refractivity contribution >= 4 is 11.3 Å². The summed E-state index contributed by atoms with van der Waals surface area (Å²) in [6.45, 7) is 4.38. The molecule has 1 aliphatic heterocycles. The van der Waals surface area contributed by atoms with Gasteiger partial charge in [0, 0.05) is 43.7 Å². The Morgan fingerprint density at radius 1 is 1.32 bits per heavy atom. The average molecular weight is 296 g/mol. The molecule has 0 radical (unpaired) electrons. The third kappa shape index (κ3) is 2.14. The molecule has 0 amide bonds. The van der Waals surface area contributed by atoms with Crippen LogP contribution in [0.25, 0.3) is 5.52 Å². The van der Waals surface area contributed by atoms with Crippen molar-refractivity contribution in [1.82, 2.24) is 24.4 Å². The van der Waals surface area contributed by atoms with E-state index in [4.69, 9.17) is 0 Å². The van der Waals surface area contributed by atoms with Gasteiger partial charge in [0.1, 0.15) is 5.52 Å². The molecule has 112 valence electrons. The first-order valence-corrected chi connectivity index (χ1v) is 7.29. The largest absolute Gasteiger partial charge is 0.354 e. The molecular formula is C15H16N6O. The van der Waals surface area contributed by atoms with Crippen molar-refractivity contribution in [2.45, 2.75) is 13.5 Å². The van der Waals surface area contributed by atoms with Crippen LogP contribution in [0.15, 0.2) is 41.6 Å². The third-order valence-corrected chi connectivity index (χ3v) is 3.96. The Hall–Kier alpha value is -2.70. The average Bonchev–Trinajstić information content (AvgIpc) is 2.84. The molecule has 3 aromatic heterocycles. The van der Waals surface area contributed by atoms with Gasteiger partial charge in [-0.05, 0) is 19.1 Å². The summed E-state index contributed by atoms with van der Waals surface area (Å²) in [4.78, 5) is 18.4. The fraction of sp³-hybridized carbons (Fsp3) is 0.333. The quantitative estimate of drug-likeness (QED) is 0.713. The highest BCUT2D eigenvalue weighted by atomic mass is 16.1. The molecule has 1 aliphatic rings. The minimum atomic E-state index is -0.0485. The van der Waals surface area contributed by atoms with Gasteiger partial charge in [-0.15, -0.1) is 0 Å². The summed E-state index contributed by atoms with van der Waals surface area (Å²) in [6.07, 6.45) is 5.27. The summed E-state index contributed by atoms with van der Waals surface area (Å²) in [5.74, 6) is 1.37. The lowest BCUT2D eigenvalue weighted by molar-refractivity contribution is 0.333. The zero-order valence-corrected chi connectivity index (χ0v) is 12.3. The minimum Gasteiger partial charge on any atom is -0.354 e. The second-order valence-corrected chi connectivity index (χ2v) is 5.68. The first-order chi connectivity index (χ1) is 10.7. The van der Waals surface area contributed by atoms with Crippen molar-refractivity contribution < 1.29 is 0 Å². The zero-order valence-electron chi connectivity index (χ0n) is 12.3. The normalized spacial score (nSPS) is 15.2. The standard InChI is InChI=1S/C15H16N6O/c1-11-7-13-15(16-5-6-20(13)18-11)19-8-12(9-19)10-21-14(22)3-2-4-17-21/h2-7,12H,8-10H2,1H3. The van der Waals surface area contributed by atoms with Crippen LogP contribution in [-0.2, 0) is 6.54 Å². The lowest BCUT2D eigenvalue weighted by Crippen LogP contribution is -2.50. The maximum Gasteiger partial charge on any atom is 0.266 e. The Kier molecular flexibility index (Phi) is 2.92. The maximum atomic E-state index is 11.7. The van der Waals surface area contributed by atoms with Crippen LogP contribution in [0, 0.1) is 12.8 Å². The Balaban J connectivity index is 1.51. The molecule has 1 saturated heterocycles. The van der Waals surface area contributed by atoms with E-state index in [1.54, 1.807) is 24.5 Å². The zero-order chi connectivity index (χ0) is 15.1. The third-order valence-electron chi connectivity index (χ3n) is 3.96. The van der Waals surface area contributed by atoms with E-state index in [0.29, 0.717) is 12.5 Å². The Morgan fingerprint density at radius 3 is 3.00 bits per heavy atom. The van der Waals surface area contributed by atoms with E-state index in [2.05, 4.69) is 20.1 Å². The van der Waals surface area contributed by atoms with Gasteiger partial charge in [0.15, 0.2) is 5.82 Å². The van der Waals surface area contributed by atoms with Crippen molar-refractivity contribution in [3.05, 3.63) is 52.8 Å². The van der Waals surface area contributed by atoms with E-state index >= 15 is 0 Å². The fourth-order valence-corrected chi connectivity index (χ4v) is 2.90. The van der Waals surface area contributed by atoms with Gasteiger partial charge in [0.05, 0.1) is 12.2 Å². The van der Waals surface area contributed by atoms with Crippen LogP contribution in [0.2, 0.25) is 0 Å². The molecule has 0 atom stereocenters. The molecule has 7 nitrogen and oxygen atoms in total. The van der Waals surface area contributed by atoms with Crippen LogP contribution in [-0.4, -0.2) is 37.5 Å². The number of rotatable bonds is 3. The number of aromatic nitrogens is 5. The summed E-state index contributed by atoms with van der Waals surface area (Å²) in [5, 5.41) is 8.51. The van der Waals surface area contributed by atoms with Crippen LogP contribution in [0.3, 0.4) is 0 Å². The SMILES string of the molecule is Cc1cc2c(N3CC(Cn4ncccc4=O)C3)nccn2n1. The molecule has 0 aromatic carbocycles. The smallest absolute Gasteiger partial charge is 0.266 e. The first-order valence-electron chi connectivity index (χ1n) is 7.29. The summed E-state index contributed by atoms with van der Waals surface area (Å²) in [6, 6.07) is 5.25. The molecule has 4 rings (SSSR count). The van der Waals surface area contributed by atoms with Crippen molar-refractivity contribution in [1.29, 1.82) is 0 Å². The summed E-state index contributed by atoms with van der Waals surface area (Å²) < 4.78 is 3.38. The highest BCUT2D eigenvalue weighted by Crippen LogP contribution is 2.27. The van der Waals surface area contributed by atoms with Crippen LogP contribution in [0.5, 0.6) is 0 Å². The number of aryl methyl sites for hydroxylation is 1. The molecule has 3 aromatic rings. The molecule has 0 saturated carbocycles. The summed E-state index contributed by atoms with van der Waals surface area (Å²) in [5.41, 5.74) is 1.95. The number of fused-ring (bicyclic) bond motifs is 1.